The number of methoxy groups -OCH3 is 1. The molecule has 0 amide bonds. The van der Waals surface area contributed by atoms with Gasteiger partial charge in [-0.05, 0) is 12.1 Å². The topological polar surface area (TPSA) is 43.4 Å². The number of hydrogen-bond acceptors (Lipinski definition) is 4. The van der Waals surface area contributed by atoms with Crippen LogP contribution in [0.1, 0.15) is 5.56 Å². The van der Waals surface area contributed by atoms with Gasteiger partial charge in [-0.15, -0.1) is 0 Å². The Morgan fingerprint density at radius 2 is 1.91 bits per heavy atom. The molecule has 22 heavy (non-hydrogen) atoms. The summed E-state index contributed by atoms with van der Waals surface area (Å²) in [5.74, 6) is 0.688. The van der Waals surface area contributed by atoms with E-state index in [0.29, 0.717) is 12.2 Å². The molecule has 1 aromatic heterocycles. The van der Waals surface area contributed by atoms with Crippen molar-refractivity contribution in [3.63, 3.8) is 0 Å². The molecule has 2 rings (SSSR count). The van der Waals surface area contributed by atoms with Gasteiger partial charge >= 0.3 is 6.18 Å². The number of rotatable bonds is 6. The SMILES string of the molecule is COc1ccccc1CNc1ccc(OCC(F)(F)F)nc1. The number of hydrogen-bond donors (Lipinski definition) is 1. The molecule has 0 radical (unpaired) electrons. The first-order valence-corrected chi connectivity index (χ1v) is 6.49. The zero-order chi connectivity index (χ0) is 16.0. The zero-order valence-electron chi connectivity index (χ0n) is 11.9. The van der Waals surface area contributed by atoms with Crippen molar-refractivity contribution in [1.82, 2.24) is 4.98 Å². The van der Waals surface area contributed by atoms with Crippen molar-refractivity contribution in [2.45, 2.75) is 12.7 Å². The number of aromatic nitrogens is 1. The summed E-state index contributed by atoms with van der Waals surface area (Å²) in [6.07, 6.45) is -2.95. The molecule has 0 atom stereocenters. The maximum Gasteiger partial charge on any atom is 0.422 e. The Balaban J connectivity index is 1.91. The van der Waals surface area contributed by atoms with Gasteiger partial charge in [0.05, 0.1) is 19.0 Å². The van der Waals surface area contributed by atoms with Gasteiger partial charge in [-0.1, -0.05) is 18.2 Å². The lowest BCUT2D eigenvalue weighted by Crippen LogP contribution is -2.19. The lowest BCUT2D eigenvalue weighted by Gasteiger charge is -2.11. The summed E-state index contributed by atoms with van der Waals surface area (Å²) >= 11 is 0. The second-order valence-corrected chi connectivity index (χ2v) is 4.45. The first kappa shape index (κ1) is 15.9. The number of para-hydroxylation sites is 1. The molecule has 0 aliphatic carbocycles. The molecule has 0 fully saturated rings. The normalized spacial score (nSPS) is 11.1. The van der Waals surface area contributed by atoms with Gasteiger partial charge in [0.25, 0.3) is 0 Å². The Kier molecular flexibility index (Phi) is 5.08. The average Bonchev–Trinajstić information content (AvgIpc) is 2.51. The van der Waals surface area contributed by atoms with Crippen molar-refractivity contribution in [1.29, 1.82) is 0 Å². The van der Waals surface area contributed by atoms with E-state index >= 15 is 0 Å². The van der Waals surface area contributed by atoms with Crippen LogP contribution in [0.15, 0.2) is 42.6 Å². The second kappa shape index (κ2) is 7.02. The van der Waals surface area contributed by atoms with E-state index in [9.17, 15) is 13.2 Å². The monoisotopic (exact) mass is 312 g/mol. The van der Waals surface area contributed by atoms with Crippen LogP contribution >= 0.6 is 0 Å². The summed E-state index contributed by atoms with van der Waals surface area (Å²) < 4.78 is 45.8. The van der Waals surface area contributed by atoms with Gasteiger partial charge in [-0.2, -0.15) is 13.2 Å². The van der Waals surface area contributed by atoms with Crippen molar-refractivity contribution in [2.24, 2.45) is 0 Å². The third kappa shape index (κ3) is 4.83. The van der Waals surface area contributed by atoms with E-state index in [1.54, 1.807) is 13.2 Å². The van der Waals surface area contributed by atoms with Crippen LogP contribution in [0, 0.1) is 0 Å². The maximum absolute atomic E-state index is 12.0. The molecular weight excluding hydrogens is 297 g/mol. The molecular formula is C15H15F3N2O2. The predicted octanol–water partition coefficient (Wildman–Crippen LogP) is 3.64. The lowest BCUT2D eigenvalue weighted by molar-refractivity contribution is -0.154. The van der Waals surface area contributed by atoms with Crippen LogP contribution in [0.3, 0.4) is 0 Å². The lowest BCUT2D eigenvalue weighted by atomic mass is 10.2. The molecule has 1 aromatic carbocycles. The number of halogens is 3. The fourth-order valence-electron chi connectivity index (χ4n) is 1.77. The second-order valence-electron chi connectivity index (χ2n) is 4.45. The zero-order valence-corrected chi connectivity index (χ0v) is 11.9. The van der Waals surface area contributed by atoms with E-state index < -0.39 is 12.8 Å². The van der Waals surface area contributed by atoms with Crippen molar-refractivity contribution in [2.75, 3.05) is 19.0 Å². The van der Waals surface area contributed by atoms with Gasteiger partial charge in [-0.25, -0.2) is 4.98 Å². The fourth-order valence-corrected chi connectivity index (χ4v) is 1.77. The van der Waals surface area contributed by atoms with Crippen LogP contribution < -0.4 is 14.8 Å². The fraction of sp³-hybridized carbons (Fsp3) is 0.267. The molecule has 0 saturated heterocycles. The molecule has 0 bridgehead atoms. The summed E-state index contributed by atoms with van der Waals surface area (Å²) in [6, 6.07) is 10.5. The van der Waals surface area contributed by atoms with Gasteiger partial charge < -0.3 is 14.8 Å². The molecule has 4 nitrogen and oxygen atoms in total. The predicted molar refractivity (Wildman–Crippen MR) is 76.1 cm³/mol. The summed E-state index contributed by atoms with van der Waals surface area (Å²) in [5.41, 5.74) is 1.63. The molecule has 118 valence electrons. The smallest absolute Gasteiger partial charge is 0.422 e. The van der Waals surface area contributed by atoms with Gasteiger partial charge in [0.15, 0.2) is 6.61 Å². The summed E-state index contributed by atoms with van der Waals surface area (Å²) in [4.78, 5) is 3.82. The third-order valence-electron chi connectivity index (χ3n) is 2.80. The number of ether oxygens (including phenoxy) is 2. The highest BCUT2D eigenvalue weighted by Gasteiger charge is 2.28. The highest BCUT2D eigenvalue weighted by Crippen LogP contribution is 2.20. The minimum Gasteiger partial charge on any atom is -0.496 e. The highest BCUT2D eigenvalue weighted by atomic mass is 19.4. The molecule has 0 spiro atoms. The Labute approximate surface area is 125 Å². The Morgan fingerprint density at radius 3 is 2.55 bits per heavy atom. The van der Waals surface area contributed by atoms with E-state index in [2.05, 4.69) is 15.0 Å². The molecule has 7 heteroatoms. The Bertz CT molecular complexity index is 600. The number of anilines is 1. The number of alkyl halides is 3. The Hall–Kier alpha value is -2.44. The highest BCUT2D eigenvalue weighted by molar-refractivity contribution is 5.44. The first-order valence-electron chi connectivity index (χ1n) is 6.49. The molecule has 0 saturated carbocycles. The van der Waals surface area contributed by atoms with E-state index in [4.69, 9.17) is 4.74 Å². The molecule has 0 aliphatic heterocycles. The van der Waals surface area contributed by atoms with Crippen molar-refractivity contribution in [3.8, 4) is 11.6 Å². The third-order valence-corrected chi connectivity index (χ3v) is 2.80. The molecule has 0 unspecified atom stereocenters. The van der Waals surface area contributed by atoms with E-state index in [-0.39, 0.29) is 5.88 Å². The average molecular weight is 312 g/mol. The molecule has 0 aliphatic rings. The molecule has 1 N–H and O–H groups in total. The van der Waals surface area contributed by atoms with Crippen molar-refractivity contribution < 1.29 is 22.6 Å². The van der Waals surface area contributed by atoms with E-state index in [1.165, 1.54) is 12.3 Å². The minimum absolute atomic E-state index is 0.0693. The van der Waals surface area contributed by atoms with E-state index in [0.717, 1.165) is 11.3 Å². The first-order chi connectivity index (χ1) is 10.5. The van der Waals surface area contributed by atoms with Crippen LogP contribution in [0.25, 0.3) is 0 Å². The largest absolute Gasteiger partial charge is 0.496 e. The summed E-state index contributed by atoms with van der Waals surface area (Å²) in [7, 11) is 1.59. The van der Waals surface area contributed by atoms with Gasteiger partial charge in [-0.3, -0.25) is 0 Å². The minimum atomic E-state index is -4.37. The van der Waals surface area contributed by atoms with Crippen LogP contribution in [0.4, 0.5) is 18.9 Å². The van der Waals surface area contributed by atoms with Gasteiger partial charge in [0.2, 0.25) is 5.88 Å². The van der Waals surface area contributed by atoms with Crippen molar-refractivity contribution >= 4 is 5.69 Å². The van der Waals surface area contributed by atoms with Gasteiger partial charge in [0, 0.05) is 18.2 Å². The number of nitrogens with one attached hydrogen (secondary N) is 1. The standard InChI is InChI=1S/C15H15F3N2O2/c1-21-13-5-3-2-4-11(13)8-19-12-6-7-14(20-9-12)22-10-15(16,17)18/h2-7,9,19H,8,10H2,1H3. The van der Waals surface area contributed by atoms with Crippen LogP contribution in [0.5, 0.6) is 11.6 Å². The summed E-state index contributed by atoms with van der Waals surface area (Å²) in [6.45, 7) is -0.845. The molecule has 2 aromatic rings. The van der Waals surface area contributed by atoms with Crippen LogP contribution in [0.2, 0.25) is 0 Å². The Morgan fingerprint density at radius 1 is 1.14 bits per heavy atom. The molecule has 1 heterocycles. The van der Waals surface area contributed by atoms with Crippen LogP contribution in [-0.4, -0.2) is 24.9 Å². The quantitative estimate of drug-likeness (QED) is 0.884. The number of nitrogens with zero attached hydrogens (tertiary/aromatic N) is 1. The number of pyridine rings is 1. The van der Waals surface area contributed by atoms with Gasteiger partial charge in [0.1, 0.15) is 5.75 Å². The van der Waals surface area contributed by atoms with Crippen molar-refractivity contribution in [3.05, 3.63) is 48.2 Å². The summed E-state index contributed by atoms with van der Waals surface area (Å²) in [5, 5.41) is 3.11. The van der Waals surface area contributed by atoms with E-state index in [1.807, 2.05) is 24.3 Å². The maximum atomic E-state index is 12.0. The number of benzene rings is 1. The van der Waals surface area contributed by atoms with Crippen LogP contribution in [-0.2, 0) is 6.54 Å².